The predicted molar refractivity (Wildman–Crippen MR) is 123 cm³/mol. The Bertz CT molecular complexity index is 1080. The number of amides is 1. The van der Waals surface area contributed by atoms with Crippen molar-refractivity contribution in [3.05, 3.63) is 72.6 Å². The van der Waals surface area contributed by atoms with Crippen LogP contribution >= 0.6 is 0 Å². The Hall–Kier alpha value is -3.45. The van der Waals surface area contributed by atoms with Crippen molar-refractivity contribution >= 4 is 11.6 Å². The summed E-state index contributed by atoms with van der Waals surface area (Å²) in [7, 11) is 0. The minimum atomic E-state index is -0.0970. The van der Waals surface area contributed by atoms with E-state index in [-0.39, 0.29) is 11.8 Å². The maximum atomic E-state index is 12.9. The highest BCUT2D eigenvalue weighted by Crippen LogP contribution is 2.24. The molecule has 32 heavy (non-hydrogen) atoms. The predicted octanol–water partition coefficient (Wildman–Crippen LogP) is 4.46. The number of aromatic nitrogens is 2. The van der Waals surface area contributed by atoms with Crippen LogP contribution in [0.25, 0.3) is 11.4 Å². The molecule has 2 aromatic carbocycles. The van der Waals surface area contributed by atoms with Gasteiger partial charge in [0.1, 0.15) is 12.4 Å². The van der Waals surface area contributed by atoms with E-state index in [1.165, 1.54) is 0 Å². The lowest BCUT2D eigenvalue weighted by Crippen LogP contribution is -2.40. The van der Waals surface area contributed by atoms with Crippen molar-refractivity contribution in [3.8, 4) is 17.1 Å². The molecule has 0 saturated carbocycles. The number of hydrogen-bond donors (Lipinski definition) is 1. The van der Waals surface area contributed by atoms with Gasteiger partial charge >= 0.3 is 0 Å². The quantitative estimate of drug-likeness (QED) is 0.530. The molecule has 1 N–H and O–H groups in total. The molecule has 7 nitrogen and oxygen atoms in total. The van der Waals surface area contributed by atoms with Gasteiger partial charge < -0.3 is 14.6 Å². The minimum Gasteiger partial charge on any atom is -0.489 e. The van der Waals surface area contributed by atoms with E-state index in [4.69, 9.17) is 9.26 Å². The molecule has 2 heterocycles. The van der Waals surface area contributed by atoms with Crippen molar-refractivity contribution in [2.24, 2.45) is 5.92 Å². The van der Waals surface area contributed by atoms with Crippen LogP contribution in [0, 0.1) is 12.8 Å². The van der Waals surface area contributed by atoms with E-state index < -0.39 is 0 Å². The Labute approximate surface area is 188 Å². The topological polar surface area (TPSA) is 80.5 Å². The fourth-order valence-corrected chi connectivity index (χ4v) is 3.92. The number of ether oxygens (including phenoxy) is 1. The van der Waals surface area contributed by atoms with Crippen LogP contribution in [-0.4, -0.2) is 40.6 Å². The van der Waals surface area contributed by atoms with Crippen molar-refractivity contribution in [1.82, 2.24) is 15.0 Å². The number of carbonyl (C=O) groups excluding carboxylic acids is 1. The van der Waals surface area contributed by atoms with Gasteiger partial charge in [0, 0.05) is 23.9 Å². The number of piperidine rings is 1. The lowest BCUT2D eigenvalue weighted by molar-refractivity contribution is -0.121. The lowest BCUT2D eigenvalue weighted by Gasteiger charge is -2.30. The van der Waals surface area contributed by atoms with Crippen LogP contribution in [0.2, 0.25) is 0 Å². The van der Waals surface area contributed by atoms with Gasteiger partial charge in [0.25, 0.3) is 0 Å². The van der Waals surface area contributed by atoms with E-state index in [9.17, 15) is 4.79 Å². The van der Waals surface area contributed by atoms with Crippen LogP contribution in [-0.2, 0) is 11.3 Å². The summed E-state index contributed by atoms with van der Waals surface area (Å²) in [6, 6.07) is 15.4. The number of benzene rings is 2. The van der Waals surface area contributed by atoms with E-state index in [1.54, 1.807) is 6.08 Å². The summed E-state index contributed by atoms with van der Waals surface area (Å²) in [6.07, 6.45) is 3.49. The van der Waals surface area contributed by atoms with Gasteiger partial charge in [-0.2, -0.15) is 4.98 Å². The number of rotatable bonds is 8. The third kappa shape index (κ3) is 5.42. The van der Waals surface area contributed by atoms with Crippen LogP contribution in [0.5, 0.6) is 5.75 Å². The summed E-state index contributed by atoms with van der Waals surface area (Å²) in [5.74, 6) is 1.79. The summed E-state index contributed by atoms with van der Waals surface area (Å²) in [5, 5.41) is 7.16. The molecule has 0 radical (unpaired) electrons. The smallest absolute Gasteiger partial charge is 0.241 e. The van der Waals surface area contributed by atoms with Gasteiger partial charge in [-0.15, -0.1) is 0 Å². The highest BCUT2D eigenvalue weighted by Gasteiger charge is 2.27. The molecular formula is C25H28N4O3. The Balaban J connectivity index is 1.35. The fourth-order valence-electron chi connectivity index (χ4n) is 3.92. The first-order chi connectivity index (χ1) is 15.6. The molecule has 1 unspecified atom stereocenters. The van der Waals surface area contributed by atoms with Crippen molar-refractivity contribution in [2.45, 2.75) is 26.3 Å². The second kappa shape index (κ2) is 10.2. The van der Waals surface area contributed by atoms with Crippen LogP contribution < -0.4 is 10.1 Å². The summed E-state index contributed by atoms with van der Waals surface area (Å²) in [4.78, 5) is 19.6. The van der Waals surface area contributed by atoms with Gasteiger partial charge in [0.2, 0.25) is 17.6 Å². The van der Waals surface area contributed by atoms with Crippen LogP contribution in [0.15, 0.2) is 65.7 Å². The number of hydrogen-bond acceptors (Lipinski definition) is 6. The van der Waals surface area contributed by atoms with Crippen LogP contribution in [0.4, 0.5) is 5.69 Å². The van der Waals surface area contributed by atoms with Crippen molar-refractivity contribution < 1.29 is 14.1 Å². The number of nitrogens with zero attached hydrogens (tertiary/aromatic N) is 3. The molecule has 0 aliphatic carbocycles. The molecule has 1 aliphatic rings. The molecule has 1 atom stereocenters. The monoisotopic (exact) mass is 432 g/mol. The van der Waals surface area contributed by atoms with Gasteiger partial charge in [0.05, 0.1) is 12.5 Å². The van der Waals surface area contributed by atoms with E-state index in [0.29, 0.717) is 37.2 Å². The minimum absolute atomic E-state index is 0.0155. The van der Waals surface area contributed by atoms with E-state index >= 15 is 0 Å². The molecule has 1 aliphatic heterocycles. The first-order valence-electron chi connectivity index (χ1n) is 10.9. The first-order valence-corrected chi connectivity index (χ1v) is 10.9. The second-order valence-corrected chi connectivity index (χ2v) is 8.02. The summed E-state index contributed by atoms with van der Waals surface area (Å²) in [5.41, 5.74) is 2.81. The Morgan fingerprint density at radius 2 is 2.19 bits per heavy atom. The second-order valence-electron chi connectivity index (χ2n) is 8.02. The fraction of sp³-hybridized carbons (Fsp3) is 0.320. The van der Waals surface area contributed by atoms with E-state index in [0.717, 1.165) is 36.2 Å². The molecule has 166 valence electrons. The molecule has 1 fully saturated rings. The lowest BCUT2D eigenvalue weighted by atomic mass is 9.97. The highest BCUT2D eigenvalue weighted by atomic mass is 16.5. The average Bonchev–Trinajstić information content (AvgIpc) is 3.26. The zero-order valence-corrected chi connectivity index (χ0v) is 18.3. The van der Waals surface area contributed by atoms with Gasteiger partial charge in [-0.05, 0) is 44.0 Å². The van der Waals surface area contributed by atoms with Gasteiger partial charge in [-0.1, -0.05) is 48.1 Å². The average molecular weight is 433 g/mol. The SMILES string of the molecule is C=CCOc1cccc(NC(=O)C2CCCN(Cc3nc(-c4ccccc4C)no3)C2)c1. The largest absolute Gasteiger partial charge is 0.489 e. The van der Waals surface area contributed by atoms with Gasteiger partial charge in [-0.25, -0.2) is 0 Å². The third-order valence-electron chi connectivity index (χ3n) is 5.56. The molecule has 3 aromatic rings. The highest BCUT2D eigenvalue weighted by molar-refractivity contribution is 5.92. The zero-order chi connectivity index (χ0) is 22.3. The number of carbonyl (C=O) groups is 1. The molecule has 1 saturated heterocycles. The summed E-state index contributed by atoms with van der Waals surface area (Å²) >= 11 is 0. The Kier molecular flexibility index (Phi) is 6.97. The maximum Gasteiger partial charge on any atom is 0.241 e. The first kappa shape index (κ1) is 21.8. The standard InChI is InChI=1S/C25H28N4O3/c1-3-14-31-21-11-6-10-20(15-21)26-25(30)19-9-7-13-29(16-19)17-23-27-24(28-32-23)22-12-5-4-8-18(22)2/h3-6,8,10-12,15,19H,1,7,9,13-14,16-17H2,2H3,(H,26,30). The Morgan fingerprint density at radius 3 is 3.03 bits per heavy atom. The van der Waals surface area contributed by atoms with Crippen LogP contribution in [0.1, 0.15) is 24.3 Å². The van der Waals surface area contributed by atoms with Crippen LogP contribution in [0.3, 0.4) is 0 Å². The summed E-state index contributed by atoms with van der Waals surface area (Å²) < 4.78 is 11.0. The van der Waals surface area contributed by atoms with Gasteiger partial charge in [0.15, 0.2) is 0 Å². The van der Waals surface area contributed by atoms with E-state index in [1.807, 2.05) is 55.5 Å². The number of aryl methyl sites for hydroxylation is 1. The van der Waals surface area contributed by atoms with Crippen molar-refractivity contribution in [3.63, 3.8) is 0 Å². The maximum absolute atomic E-state index is 12.9. The molecule has 4 rings (SSSR count). The molecule has 7 heteroatoms. The zero-order valence-electron chi connectivity index (χ0n) is 18.3. The third-order valence-corrected chi connectivity index (χ3v) is 5.56. The van der Waals surface area contributed by atoms with Crippen molar-refractivity contribution in [2.75, 3.05) is 25.0 Å². The molecule has 0 bridgehead atoms. The number of likely N-dealkylation sites (tertiary alicyclic amines) is 1. The number of nitrogens with one attached hydrogen (secondary N) is 1. The molecular weight excluding hydrogens is 404 g/mol. The normalized spacial score (nSPS) is 16.5. The molecule has 1 amide bonds. The number of anilines is 1. The summed E-state index contributed by atoms with van der Waals surface area (Å²) in [6.45, 7) is 8.19. The van der Waals surface area contributed by atoms with E-state index in [2.05, 4.69) is 26.9 Å². The Morgan fingerprint density at radius 1 is 1.31 bits per heavy atom. The van der Waals surface area contributed by atoms with Crippen molar-refractivity contribution in [1.29, 1.82) is 0 Å². The van der Waals surface area contributed by atoms with Gasteiger partial charge in [-0.3, -0.25) is 9.69 Å². The molecule has 1 aromatic heterocycles. The molecule has 0 spiro atoms.